The lowest BCUT2D eigenvalue weighted by atomic mass is 10.3. The molecule has 0 radical (unpaired) electrons. The van der Waals surface area contributed by atoms with Crippen LogP contribution in [-0.2, 0) is 4.79 Å². The Morgan fingerprint density at radius 1 is 1.62 bits per heavy atom. The van der Waals surface area contributed by atoms with Gasteiger partial charge in [-0.25, -0.2) is 0 Å². The third-order valence-electron chi connectivity index (χ3n) is 2.02. The number of carbonyl (C=O) groups excluding carboxylic acids is 1. The lowest BCUT2D eigenvalue weighted by Gasteiger charge is -2.16. The van der Waals surface area contributed by atoms with E-state index in [9.17, 15) is 4.79 Å². The van der Waals surface area contributed by atoms with Crippen molar-refractivity contribution in [3.8, 4) is 0 Å². The van der Waals surface area contributed by atoms with Crippen LogP contribution in [0.3, 0.4) is 0 Å². The molecule has 1 amide bonds. The summed E-state index contributed by atoms with van der Waals surface area (Å²) >= 11 is 5.75. The van der Waals surface area contributed by atoms with Gasteiger partial charge in [0.2, 0.25) is 11.2 Å². The molecule has 3 N–H and O–H groups in total. The molecule has 2 rings (SSSR count). The average molecular weight is 241 g/mol. The number of nitrogens with one attached hydrogen (secondary N) is 1. The number of aromatic amines is 1. The van der Waals surface area contributed by atoms with Crippen LogP contribution < -0.4 is 10.6 Å². The second-order valence-corrected chi connectivity index (χ2v) is 3.61. The molecule has 0 bridgehead atoms. The molecule has 0 atom stereocenters. The summed E-state index contributed by atoms with van der Waals surface area (Å²) in [5, 5.41) is 7.29. The largest absolute Gasteiger partial charge is 0.368 e. The Morgan fingerprint density at radius 2 is 2.38 bits per heavy atom. The third-order valence-corrected chi connectivity index (χ3v) is 2.19. The van der Waals surface area contributed by atoms with Gasteiger partial charge in [-0.15, -0.1) is 0 Å². The van der Waals surface area contributed by atoms with Crippen LogP contribution in [0, 0.1) is 0 Å². The van der Waals surface area contributed by atoms with Crippen LogP contribution in [0.4, 0.5) is 5.82 Å². The maximum absolute atomic E-state index is 10.8. The van der Waals surface area contributed by atoms with E-state index in [0.29, 0.717) is 16.9 Å². The van der Waals surface area contributed by atoms with Gasteiger partial charge in [-0.1, -0.05) is 0 Å². The van der Waals surface area contributed by atoms with Gasteiger partial charge in [0.15, 0.2) is 5.65 Å². The number of H-pyrrole nitrogens is 1. The number of primary amides is 1. The Bertz CT molecular complexity index is 538. The number of hydrogen-bond acceptors (Lipinski definition) is 5. The quantitative estimate of drug-likeness (QED) is 0.732. The summed E-state index contributed by atoms with van der Waals surface area (Å²) in [4.78, 5) is 20.4. The second kappa shape index (κ2) is 3.93. The summed E-state index contributed by atoms with van der Waals surface area (Å²) in [6.45, 7) is 0.0492. The summed E-state index contributed by atoms with van der Waals surface area (Å²) in [7, 11) is 1.69. The van der Waals surface area contributed by atoms with E-state index in [0.717, 1.165) is 0 Å². The van der Waals surface area contributed by atoms with Crippen molar-refractivity contribution < 1.29 is 4.79 Å². The normalized spacial score (nSPS) is 10.6. The summed E-state index contributed by atoms with van der Waals surface area (Å²) in [5.74, 6) is 0.0661. The molecule has 2 heterocycles. The molecular formula is C8H9ClN6O. The van der Waals surface area contributed by atoms with E-state index < -0.39 is 5.91 Å². The molecule has 2 aromatic heterocycles. The van der Waals surface area contributed by atoms with Crippen molar-refractivity contribution in [1.29, 1.82) is 0 Å². The zero-order chi connectivity index (χ0) is 11.7. The van der Waals surface area contributed by atoms with Crippen molar-refractivity contribution >= 4 is 34.4 Å². The Labute approximate surface area is 95.6 Å². The van der Waals surface area contributed by atoms with E-state index in [1.165, 1.54) is 0 Å². The lowest BCUT2D eigenvalue weighted by Crippen LogP contribution is -2.31. The van der Waals surface area contributed by atoms with Crippen molar-refractivity contribution in [2.45, 2.75) is 0 Å². The van der Waals surface area contributed by atoms with E-state index in [1.807, 2.05) is 0 Å². The SMILES string of the molecule is CN(CC(N)=O)c1nc(Cl)nc2[nH]ncc12. The second-order valence-electron chi connectivity index (χ2n) is 3.27. The highest BCUT2D eigenvalue weighted by atomic mass is 35.5. The van der Waals surface area contributed by atoms with E-state index >= 15 is 0 Å². The fraction of sp³-hybridized carbons (Fsp3) is 0.250. The van der Waals surface area contributed by atoms with E-state index in [1.54, 1.807) is 18.1 Å². The minimum Gasteiger partial charge on any atom is -0.368 e. The fourth-order valence-electron chi connectivity index (χ4n) is 1.39. The van der Waals surface area contributed by atoms with Gasteiger partial charge in [0.25, 0.3) is 0 Å². The number of rotatable bonds is 3. The van der Waals surface area contributed by atoms with Crippen molar-refractivity contribution in [1.82, 2.24) is 20.2 Å². The first-order valence-electron chi connectivity index (χ1n) is 4.44. The lowest BCUT2D eigenvalue weighted by molar-refractivity contribution is -0.116. The van der Waals surface area contributed by atoms with Crippen LogP contribution in [0.1, 0.15) is 0 Å². The molecule has 0 aliphatic carbocycles. The number of amides is 1. The first-order valence-corrected chi connectivity index (χ1v) is 4.82. The van der Waals surface area contributed by atoms with Crippen molar-refractivity contribution in [2.75, 3.05) is 18.5 Å². The third kappa shape index (κ3) is 1.89. The minimum absolute atomic E-state index is 0.0492. The molecule has 8 heteroatoms. The number of fused-ring (bicyclic) bond motifs is 1. The summed E-state index contributed by atoms with van der Waals surface area (Å²) in [6.07, 6.45) is 1.57. The zero-order valence-corrected chi connectivity index (χ0v) is 9.19. The predicted octanol–water partition coefficient (Wildman–Crippen LogP) is -0.0722. The number of nitrogens with zero attached hydrogens (tertiary/aromatic N) is 4. The molecule has 7 nitrogen and oxygen atoms in total. The van der Waals surface area contributed by atoms with Gasteiger partial charge in [0, 0.05) is 7.05 Å². The number of nitrogens with two attached hydrogens (primary N) is 1. The molecule has 0 aliphatic rings. The van der Waals surface area contributed by atoms with Crippen LogP contribution in [0.2, 0.25) is 5.28 Å². The van der Waals surface area contributed by atoms with Crippen molar-refractivity contribution in [2.24, 2.45) is 5.73 Å². The molecule has 16 heavy (non-hydrogen) atoms. The standard InChI is InChI=1S/C8H9ClN6O/c1-15(3-5(10)16)7-4-2-11-14-6(4)12-8(9)13-7/h2H,3H2,1H3,(H2,10,16)(H,11,12,13,14). The van der Waals surface area contributed by atoms with Crippen LogP contribution >= 0.6 is 11.6 Å². The smallest absolute Gasteiger partial charge is 0.236 e. The Hall–Kier alpha value is -1.89. The molecule has 0 spiro atoms. The highest BCUT2D eigenvalue weighted by Gasteiger charge is 2.13. The number of likely N-dealkylation sites (N-methyl/N-ethyl adjacent to an activating group) is 1. The summed E-state index contributed by atoms with van der Waals surface area (Å²) in [5.41, 5.74) is 5.63. The van der Waals surface area contributed by atoms with Crippen LogP contribution in [0.5, 0.6) is 0 Å². The monoisotopic (exact) mass is 240 g/mol. The number of aromatic nitrogens is 4. The molecule has 0 saturated carbocycles. The molecular weight excluding hydrogens is 232 g/mol. The Balaban J connectivity index is 2.49. The number of anilines is 1. The van der Waals surface area contributed by atoms with Gasteiger partial charge in [0.05, 0.1) is 18.1 Å². The highest BCUT2D eigenvalue weighted by Crippen LogP contribution is 2.22. The van der Waals surface area contributed by atoms with Crippen molar-refractivity contribution in [3.63, 3.8) is 0 Å². The number of hydrogen-bond donors (Lipinski definition) is 2. The van der Waals surface area contributed by atoms with Crippen molar-refractivity contribution in [3.05, 3.63) is 11.5 Å². The highest BCUT2D eigenvalue weighted by molar-refractivity contribution is 6.28. The van der Waals surface area contributed by atoms with Gasteiger partial charge < -0.3 is 10.6 Å². The molecule has 0 fully saturated rings. The predicted molar refractivity (Wildman–Crippen MR) is 59.2 cm³/mol. The van der Waals surface area contributed by atoms with E-state index in [4.69, 9.17) is 17.3 Å². The Morgan fingerprint density at radius 3 is 3.06 bits per heavy atom. The van der Waals surface area contributed by atoms with Crippen LogP contribution in [0.15, 0.2) is 6.20 Å². The first kappa shape index (κ1) is 10.6. The zero-order valence-electron chi connectivity index (χ0n) is 8.44. The van der Waals surface area contributed by atoms with Gasteiger partial charge in [-0.05, 0) is 11.6 Å². The average Bonchev–Trinajstić information content (AvgIpc) is 2.62. The van der Waals surface area contributed by atoms with Gasteiger partial charge in [-0.2, -0.15) is 15.1 Å². The molecule has 0 unspecified atom stereocenters. The van der Waals surface area contributed by atoms with Gasteiger partial charge >= 0.3 is 0 Å². The molecule has 0 aliphatic heterocycles. The maximum atomic E-state index is 10.8. The Kier molecular flexibility index (Phi) is 2.61. The van der Waals surface area contributed by atoms with E-state index in [-0.39, 0.29) is 11.8 Å². The van der Waals surface area contributed by atoms with E-state index in [2.05, 4.69) is 20.2 Å². The topological polar surface area (TPSA) is 101 Å². The van der Waals surface area contributed by atoms with Crippen LogP contribution in [-0.4, -0.2) is 39.7 Å². The first-order chi connectivity index (χ1) is 7.58. The fourth-order valence-corrected chi connectivity index (χ4v) is 1.56. The number of carbonyl (C=O) groups is 1. The molecule has 0 aromatic carbocycles. The molecule has 2 aromatic rings. The summed E-state index contributed by atoms with van der Waals surface area (Å²) < 4.78 is 0. The van der Waals surface area contributed by atoms with Gasteiger partial charge in [0.1, 0.15) is 5.82 Å². The van der Waals surface area contributed by atoms with Gasteiger partial charge in [-0.3, -0.25) is 9.89 Å². The molecule has 0 saturated heterocycles. The molecule has 84 valence electrons. The minimum atomic E-state index is -0.450. The van der Waals surface area contributed by atoms with Crippen LogP contribution in [0.25, 0.3) is 11.0 Å². The summed E-state index contributed by atoms with van der Waals surface area (Å²) in [6, 6.07) is 0. The number of halogens is 1. The maximum Gasteiger partial charge on any atom is 0.236 e.